The predicted octanol–water partition coefficient (Wildman–Crippen LogP) is 3.81. The summed E-state index contributed by atoms with van der Waals surface area (Å²) in [5, 5.41) is 3.73. The Bertz CT molecular complexity index is 356. The molecule has 0 saturated heterocycles. The van der Waals surface area contributed by atoms with E-state index in [9.17, 15) is 0 Å². The number of rotatable bonds is 5. The molecule has 1 aromatic rings. The SMILES string of the molecule is CCCn1ccc(CNC2CCC(C)C(C)C2)c1. The Morgan fingerprint density at radius 3 is 2.83 bits per heavy atom. The zero-order chi connectivity index (χ0) is 13.0. The number of aryl methyl sites for hydroxylation is 1. The van der Waals surface area contributed by atoms with E-state index in [4.69, 9.17) is 0 Å². The highest BCUT2D eigenvalue weighted by molar-refractivity contribution is 5.10. The molecule has 2 heteroatoms. The van der Waals surface area contributed by atoms with Crippen LogP contribution in [0.4, 0.5) is 0 Å². The Hall–Kier alpha value is -0.760. The average Bonchev–Trinajstić information content (AvgIpc) is 2.79. The molecule has 2 nitrogen and oxygen atoms in total. The zero-order valence-electron chi connectivity index (χ0n) is 12.2. The van der Waals surface area contributed by atoms with Crippen molar-refractivity contribution in [2.75, 3.05) is 0 Å². The second kappa shape index (κ2) is 6.42. The fourth-order valence-electron chi connectivity index (χ4n) is 2.99. The maximum absolute atomic E-state index is 3.73. The number of aromatic nitrogens is 1. The lowest BCUT2D eigenvalue weighted by atomic mass is 9.79. The minimum atomic E-state index is 0.728. The zero-order valence-corrected chi connectivity index (χ0v) is 12.2. The van der Waals surface area contributed by atoms with Crippen LogP contribution in [0.15, 0.2) is 18.5 Å². The molecule has 0 spiro atoms. The van der Waals surface area contributed by atoms with Crippen molar-refractivity contribution in [3.63, 3.8) is 0 Å². The Kier molecular flexibility index (Phi) is 4.87. The first-order valence-corrected chi connectivity index (χ1v) is 7.57. The molecule has 1 N–H and O–H groups in total. The van der Waals surface area contributed by atoms with Gasteiger partial charge < -0.3 is 9.88 Å². The van der Waals surface area contributed by atoms with Crippen LogP contribution in [-0.4, -0.2) is 10.6 Å². The maximum atomic E-state index is 3.73. The maximum Gasteiger partial charge on any atom is 0.0223 e. The van der Waals surface area contributed by atoms with E-state index < -0.39 is 0 Å². The third-order valence-corrected chi connectivity index (χ3v) is 4.49. The number of nitrogens with one attached hydrogen (secondary N) is 1. The summed E-state index contributed by atoms with van der Waals surface area (Å²) in [5.41, 5.74) is 1.43. The van der Waals surface area contributed by atoms with Crippen molar-refractivity contribution >= 4 is 0 Å². The minimum absolute atomic E-state index is 0.728. The smallest absolute Gasteiger partial charge is 0.0223 e. The lowest BCUT2D eigenvalue weighted by Crippen LogP contribution is -2.35. The minimum Gasteiger partial charge on any atom is -0.354 e. The summed E-state index contributed by atoms with van der Waals surface area (Å²) in [4.78, 5) is 0. The summed E-state index contributed by atoms with van der Waals surface area (Å²) in [6.45, 7) is 9.19. The molecule has 1 heterocycles. The summed E-state index contributed by atoms with van der Waals surface area (Å²) < 4.78 is 2.29. The molecule has 0 radical (unpaired) electrons. The van der Waals surface area contributed by atoms with Crippen molar-refractivity contribution in [2.45, 2.75) is 65.6 Å². The Morgan fingerprint density at radius 2 is 2.11 bits per heavy atom. The molecule has 102 valence electrons. The summed E-state index contributed by atoms with van der Waals surface area (Å²) in [5.74, 6) is 1.79. The van der Waals surface area contributed by atoms with E-state index in [0.717, 1.165) is 31.0 Å². The van der Waals surface area contributed by atoms with Crippen LogP contribution < -0.4 is 5.32 Å². The molecule has 0 amide bonds. The van der Waals surface area contributed by atoms with Crippen molar-refractivity contribution in [2.24, 2.45) is 11.8 Å². The second-order valence-electron chi connectivity index (χ2n) is 6.10. The molecule has 1 saturated carbocycles. The van der Waals surface area contributed by atoms with E-state index in [1.807, 2.05) is 0 Å². The topological polar surface area (TPSA) is 17.0 Å². The molecule has 1 aliphatic carbocycles. The normalized spacial score (nSPS) is 28.5. The van der Waals surface area contributed by atoms with Crippen LogP contribution >= 0.6 is 0 Å². The largest absolute Gasteiger partial charge is 0.354 e. The fraction of sp³-hybridized carbons (Fsp3) is 0.750. The van der Waals surface area contributed by atoms with Crippen LogP contribution in [0.3, 0.4) is 0 Å². The van der Waals surface area contributed by atoms with Crippen molar-refractivity contribution in [1.29, 1.82) is 0 Å². The standard InChI is InChI=1S/C16H28N2/c1-4-8-18-9-7-15(12-18)11-17-16-6-5-13(2)14(3)10-16/h7,9,12-14,16-17H,4-6,8,10-11H2,1-3H3. The van der Waals surface area contributed by atoms with Crippen LogP contribution in [0, 0.1) is 11.8 Å². The fourth-order valence-corrected chi connectivity index (χ4v) is 2.99. The van der Waals surface area contributed by atoms with Gasteiger partial charge in [-0.15, -0.1) is 0 Å². The molecule has 1 aliphatic rings. The van der Waals surface area contributed by atoms with Crippen LogP contribution in [-0.2, 0) is 13.1 Å². The molecule has 0 aliphatic heterocycles. The van der Waals surface area contributed by atoms with Gasteiger partial charge in [0, 0.05) is 31.5 Å². The molecule has 1 fully saturated rings. The van der Waals surface area contributed by atoms with Crippen LogP contribution in [0.2, 0.25) is 0 Å². The summed E-state index contributed by atoms with van der Waals surface area (Å²) in [6.07, 6.45) is 9.77. The van der Waals surface area contributed by atoms with Gasteiger partial charge in [-0.1, -0.05) is 20.8 Å². The summed E-state index contributed by atoms with van der Waals surface area (Å²) in [6, 6.07) is 2.98. The average molecular weight is 248 g/mol. The number of hydrogen-bond donors (Lipinski definition) is 1. The summed E-state index contributed by atoms with van der Waals surface area (Å²) >= 11 is 0. The highest BCUT2D eigenvalue weighted by Gasteiger charge is 2.23. The van der Waals surface area contributed by atoms with Crippen LogP contribution in [0.5, 0.6) is 0 Å². The first-order chi connectivity index (χ1) is 8.69. The predicted molar refractivity (Wildman–Crippen MR) is 77.5 cm³/mol. The molecule has 3 atom stereocenters. The van der Waals surface area contributed by atoms with Crippen LogP contribution in [0.1, 0.15) is 52.0 Å². The number of nitrogens with zero attached hydrogens (tertiary/aromatic N) is 1. The van der Waals surface area contributed by atoms with Crippen molar-refractivity contribution < 1.29 is 0 Å². The quantitative estimate of drug-likeness (QED) is 0.838. The van der Waals surface area contributed by atoms with Gasteiger partial charge in [0.2, 0.25) is 0 Å². The molecule has 1 aromatic heterocycles. The molecule has 3 unspecified atom stereocenters. The van der Waals surface area contributed by atoms with E-state index in [2.05, 4.69) is 49.1 Å². The van der Waals surface area contributed by atoms with Crippen molar-refractivity contribution in [1.82, 2.24) is 9.88 Å². The second-order valence-corrected chi connectivity index (χ2v) is 6.10. The number of hydrogen-bond acceptors (Lipinski definition) is 1. The highest BCUT2D eigenvalue weighted by atomic mass is 15.0. The lowest BCUT2D eigenvalue weighted by Gasteiger charge is -2.32. The van der Waals surface area contributed by atoms with Gasteiger partial charge in [-0.05, 0) is 49.1 Å². The Balaban J connectivity index is 1.77. The molecule has 18 heavy (non-hydrogen) atoms. The highest BCUT2D eigenvalue weighted by Crippen LogP contribution is 2.29. The first-order valence-electron chi connectivity index (χ1n) is 7.57. The monoisotopic (exact) mass is 248 g/mol. The van der Waals surface area contributed by atoms with Crippen LogP contribution in [0.25, 0.3) is 0 Å². The van der Waals surface area contributed by atoms with Gasteiger partial charge in [0.15, 0.2) is 0 Å². The van der Waals surface area contributed by atoms with E-state index in [1.165, 1.54) is 31.2 Å². The molecular weight excluding hydrogens is 220 g/mol. The Labute approximate surface area is 112 Å². The molecule has 0 bridgehead atoms. The van der Waals surface area contributed by atoms with Crippen molar-refractivity contribution in [3.8, 4) is 0 Å². The van der Waals surface area contributed by atoms with Gasteiger partial charge in [0.1, 0.15) is 0 Å². The summed E-state index contributed by atoms with van der Waals surface area (Å²) in [7, 11) is 0. The van der Waals surface area contributed by atoms with Gasteiger partial charge >= 0.3 is 0 Å². The van der Waals surface area contributed by atoms with Gasteiger partial charge in [0.05, 0.1) is 0 Å². The van der Waals surface area contributed by atoms with Gasteiger partial charge in [0.25, 0.3) is 0 Å². The van der Waals surface area contributed by atoms with E-state index in [-0.39, 0.29) is 0 Å². The third kappa shape index (κ3) is 3.61. The molecule has 2 rings (SSSR count). The Morgan fingerprint density at radius 1 is 1.28 bits per heavy atom. The lowest BCUT2D eigenvalue weighted by molar-refractivity contribution is 0.225. The third-order valence-electron chi connectivity index (χ3n) is 4.49. The van der Waals surface area contributed by atoms with E-state index in [0.29, 0.717) is 0 Å². The van der Waals surface area contributed by atoms with Gasteiger partial charge in [-0.3, -0.25) is 0 Å². The molecule has 0 aromatic carbocycles. The van der Waals surface area contributed by atoms with Crippen molar-refractivity contribution in [3.05, 3.63) is 24.0 Å². The van der Waals surface area contributed by atoms with Gasteiger partial charge in [-0.25, -0.2) is 0 Å². The van der Waals surface area contributed by atoms with E-state index >= 15 is 0 Å². The van der Waals surface area contributed by atoms with E-state index in [1.54, 1.807) is 0 Å². The molecular formula is C16H28N2. The van der Waals surface area contributed by atoms with Gasteiger partial charge in [-0.2, -0.15) is 0 Å². The first kappa shape index (κ1) is 13.7.